The molecule has 1 aromatic carbocycles. The van der Waals surface area contributed by atoms with Crippen LogP contribution >= 0.6 is 0 Å². The number of rotatable bonds is 3. The first kappa shape index (κ1) is 12.4. The molecule has 2 heterocycles. The Kier molecular flexibility index (Phi) is 3.38. The van der Waals surface area contributed by atoms with Gasteiger partial charge in [-0.05, 0) is 30.5 Å². The van der Waals surface area contributed by atoms with E-state index in [-0.39, 0.29) is 18.0 Å². The highest BCUT2D eigenvalue weighted by atomic mass is 19.1. The van der Waals surface area contributed by atoms with Gasteiger partial charge in [0.2, 0.25) is 0 Å². The second-order valence-electron chi connectivity index (χ2n) is 5.06. The highest BCUT2D eigenvalue weighted by Crippen LogP contribution is 2.27. The van der Waals surface area contributed by atoms with Crippen molar-refractivity contribution in [3.63, 3.8) is 0 Å². The van der Waals surface area contributed by atoms with Crippen molar-refractivity contribution < 1.29 is 9.13 Å². The lowest BCUT2D eigenvalue weighted by Gasteiger charge is -2.28. The van der Waals surface area contributed by atoms with Crippen molar-refractivity contribution in [3.8, 4) is 0 Å². The molecule has 0 aromatic heterocycles. The fourth-order valence-corrected chi connectivity index (χ4v) is 2.76. The third-order valence-corrected chi connectivity index (χ3v) is 3.75. The van der Waals surface area contributed by atoms with Crippen molar-refractivity contribution >= 4 is 5.96 Å². The van der Waals surface area contributed by atoms with Crippen LogP contribution in [0.4, 0.5) is 4.39 Å². The van der Waals surface area contributed by atoms with E-state index in [1.54, 1.807) is 12.1 Å². The van der Waals surface area contributed by atoms with E-state index in [0.717, 1.165) is 31.6 Å². The first-order chi connectivity index (χ1) is 9.24. The van der Waals surface area contributed by atoms with E-state index in [1.807, 2.05) is 11.0 Å². The lowest BCUT2D eigenvalue weighted by molar-refractivity contribution is 0.0852. The molecule has 2 atom stereocenters. The van der Waals surface area contributed by atoms with E-state index in [2.05, 4.69) is 4.99 Å². The molecule has 2 aliphatic rings. The van der Waals surface area contributed by atoms with E-state index in [9.17, 15) is 4.39 Å². The highest BCUT2D eigenvalue weighted by molar-refractivity contribution is 5.80. The van der Waals surface area contributed by atoms with E-state index in [0.29, 0.717) is 12.5 Å². The van der Waals surface area contributed by atoms with Gasteiger partial charge >= 0.3 is 0 Å². The molecule has 102 valence electrons. The summed E-state index contributed by atoms with van der Waals surface area (Å²) in [7, 11) is 0. The molecule has 2 unspecified atom stereocenters. The predicted octanol–water partition coefficient (Wildman–Crippen LogP) is 1.68. The molecule has 0 aliphatic carbocycles. The third-order valence-electron chi connectivity index (χ3n) is 3.75. The fraction of sp³-hybridized carbons (Fsp3) is 0.500. The molecule has 19 heavy (non-hydrogen) atoms. The molecule has 0 radical (unpaired) electrons. The zero-order valence-electron chi connectivity index (χ0n) is 10.8. The van der Waals surface area contributed by atoms with Crippen molar-refractivity contribution in [2.24, 2.45) is 10.7 Å². The van der Waals surface area contributed by atoms with E-state index < -0.39 is 0 Å². The molecule has 0 bridgehead atoms. The molecule has 1 aromatic rings. The third kappa shape index (κ3) is 2.56. The molecule has 2 aliphatic heterocycles. The van der Waals surface area contributed by atoms with E-state index in [4.69, 9.17) is 10.5 Å². The number of guanidine groups is 1. The van der Waals surface area contributed by atoms with Crippen LogP contribution < -0.4 is 5.73 Å². The van der Waals surface area contributed by atoms with E-state index >= 15 is 0 Å². The van der Waals surface area contributed by atoms with Gasteiger partial charge in [-0.3, -0.25) is 4.99 Å². The molecule has 3 rings (SSSR count). The smallest absolute Gasteiger partial charge is 0.192 e. The monoisotopic (exact) mass is 263 g/mol. The maximum Gasteiger partial charge on any atom is 0.192 e. The van der Waals surface area contributed by atoms with Gasteiger partial charge in [0.1, 0.15) is 5.82 Å². The standard InChI is InChI=1S/C14H18FN3O/c15-11-4-1-3-10(7-11)13-8-17-14(16)18(13)9-12-5-2-6-19-12/h1,3-4,7,12-13H,2,5-6,8-9H2,(H2,16,17). The fourth-order valence-electron chi connectivity index (χ4n) is 2.76. The zero-order valence-corrected chi connectivity index (χ0v) is 10.8. The maximum atomic E-state index is 13.3. The normalized spacial score (nSPS) is 26.8. The Bertz CT molecular complexity index is 485. The van der Waals surface area contributed by atoms with Crippen molar-refractivity contribution in [2.45, 2.75) is 25.0 Å². The molecule has 4 nitrogen and oxygen atoms in total. The molecule has 2 N–H and O–H groups in total. The average molecular weight is 263 g/mol. The molecule has 0 amide bonds. The van der Waals surface area contributed by atoms with Crippen molar-refractivity contribution in [2.75, 3.05) is 19.7 Å². The van der Waals surface area contributed by atoms with Crippen molar-refractivity contribution in [1.82, 2.24) is 4.90 Å². The van der Waals surface area contributed by atoms with Gasteiger partial charge in [0.15, 0.2) is 5.96 Å². The van der Waals surface area contributed by atoms with Crippen LogP contribution in [0.15, 0.2) is 29.3 Å². The zero-order chi connectivity index (χ0) is 13.2. The highest BCUT2D eigenvalue weighted by Gasteiger charge is 2.30. The molecular weight excluding hydrogens is 245 g/mol. The van der Waals surface area contributed by atoms with Gasteiger partial charge in [-0.2, -0.15) is 0 Å². The summed E-state index contributed by atoms with van der Waals surface area (Å²) in [6.45, 7) is 2.14. The summed E-state index contributed by atoms with van der Waals surface area (Å²) in [5.41, 5.74) is 6.87. The lowest BCUT2D eigenvalue weighted by Crippen LogP contribution is -2.41. The number of hydrogen-bond donors (Lipinski definition) is 1. The van der Waals surface area contributed by atoms with Gasteiger partial charge in [0, 0.05) is 13.2 Å². The Balaban J connectivity index is 1.77. The van der Waals surface area contributed by atoms with Crippen molar-refractivity contribution in [3.05, 3.63) is 35.6 Å². The summed E-state index contributed by atoms with van der Waals surface area (Å²) < 4.78 is 19.0. The van der Waals surface area contributed by atoms with Crippen LogP contribution in [0, 0.1) is 5.82 Å². The Hall–Kier alpha value is -1.62. The first-order valence-corrected chi connectivity index (χ1v) is 6.67. The Morgan fingerprint density at radius 3 is 3.11 bits per heavy atom. The summed E-state index contributed by atoms with van der Waals surface area (Å²) in [6, 6.07) is 6.68. The summed E-state index contributed by atoms with van der Waals surface area (Å²) in [5, 5.41) is 0. The molecule has 1 saturated heterocycles. The SMILES string of the molecule is NC1=NCC(c2cccc(F)c2)N1CC1CCCO1. The molecule has 1 fully saturated rings. The lowest BCUT2D eigenvalue weighted by atomic mass is 10.1. The summed E-state index contributed by atoms with van der Waals surface area (Å²) in [5.74, 6) is 0.310. The summed E-state index contributed by atoms with van der Waals surface area (Å²) in [6.07, 6.45) is 2.36. The van der Waals surface area contributed by atoms with Gasteiger partial charge in [-0.25, -0.2) is 4.39 Å². The molecule has 0 saturated carbocycles. The van der Waals surface area contributed by atoms with Gasteiger partial charge in [-0.15, -0.1) is 0 Å². The minimum Gasteiger partial charge on any atom is -0.376 e. The Morgan fingerprint density at radius 1 is 1.47 bits per heavy atom. The molecule has 5 heteroatoms. The Labute approximate surface area is 112 Å². The van der Waals surface area contributed by atoms with Crippen LogP contribution in [0.25, 0.3) is 0 Å². The number of hydrogen-bond acceptors (Lipinski definition) is 4. The molecule has 0 spiro atoms. The topological polar surface area (TPSA) is 50.8 Å². The summed E-state index contributed by atoms with van der Waals surface area (Å²) in [4.78, 5) is 6.32. The van der Waals surface area contributed by atoms with Crippen LogP contribution in [0.2, 0.25) is 0 Å². The predicted molar refractivity (Wildman–Crippen MR) is 71.3 cm³/mol. The second kappa shape index (κ2) is 5.17. The number of halogens is 1. The average Bonchev–Trinajstić information content (AvgIpc) is 3.01. The van der Waals surface area contributed by atoms with Gasteiger partial charge in [-0.1, -0.05) is 12.1 Å². The minimum atomic E-state index is -0.222. The molecular formula is C14H18FN3O. The first-order valence-electron chi connectivity index (χ1n) is 6.67. The second-order valence-corrected chi connectivity index (χ2v) is 5.06. The summed E-state index contributed by atoms with van der Waals surface area (Å²) >= 11 is 0. The quantitative estimate of drug-likeness (QED) is 0.902. The van der Waals surface area contributed by atoms with E-state index in [1.165, 1.54) is 6.07 Å². The Morgan fingerprint density at radius 2 is 2.37 bits per heavy atom. The van der Waals surface area contributed by atoms with Crippen molar-refractivity contribution in [1.29, 1.82) is 0 Å². The maximum absolute atomic E-state index is 13.3. The number of benzene rings is 1. The minimum absolute atomic E-state index is 0.0277. The van der Waals surface area contributed by atoms with Crippen LogP contribution in [-0.2, 0) is 4.74 Å². The van der Waals surface area contributed by atoms with Gasteiger partial charge in [0.25, 0.3) is 0 Å². The van der Waals surface area contributed by atoms with Crippen LogP contribution in [-0.4, -0.2) is 36.7 Å². The number of ether oxygens (including phenoxy) is 1. The van der Waals surface area contributed by atoms with Crippen LogP contribution in [0.1, 0.15) is 24.4 Å². The number of aliphatic imine (C=N–C) groups is 1. The number of nitrogens with two attached hydrogens (primary N) is 1. The van der Waals surface area contributed by atoms with Gasteiger partial charge in [0.05, 0.1) is 18.7 Å². The largest absolute Gasteiger partial charge is 0.376 e. The van der Waals surface area contributed by atoms with Crippen LogP contribution in [0.3, 0.4) is 0 Å². The van der Waals surface area contributed by atoms with Crippen LogP contribution in [0.5, 0.6) is 0 Å². The number of nitrogens with zero attached hydrogens (tertiary/aromatic N) is 2. The van der Waals surface area contributed by atoms with Gasteiger partial charge < -0.3 is 15.4 Å².